The molecule has 0 unspecified atom stereocenters. The fourth-order valence-electron chi connectivity index (χ4n) is 1.37. The summed E-state index contributed by atoms with van der Waals surface area (Å²) in [6, 6.07) is 10.4. The molecule has 13 heavy (non-hydrogen) atoms. The highest BCUT2D eigenvalue weighted by Crippen LogP contribution is 2.68. The van der Waals surface area contributed by atoms with Gasteiger partial charge in [-0.05, 0) is 24.0 Å². The Balaban J connectivity index is 2.09. The topological polar surface area (TPSA) is 0 Å². The van der Waals surface area contributed by atoms with Gasteiger partial charge in [-0.3, -0.25) is 0 Å². The summed E-state index contributed by atoms with van der Waals surface area (Å²) in [5.74, 6) is 0. The summed E-state index contributed by atoms with van der Waals surface area (Å²) in [6.07, 6.45) is 1.10. The third-order valence-electron chi connectivity index (χ3n) is 2.58. The lowest BCUT2D eigenvalue weighted by molar-refractivity contribution is 0.643. The number of thioether (sulfide) groups is 1. The molecule has 1 aliphatic carbocycles. The van der Waals surface area contributed by atoms with E-state index < -0.39 is 0 Å². The highest BCUT2D eigenvalue weighted by Gasteiger charge is 2.61. The molecule has 0 amide bonds. The number of hydrogen-bond acceptors (Lipinski definition) is 1. The van der Waals surface area contributed by atoms with Crippen LogP contribution in [0.1, 0.15) is 20.3 Å². The maximum absolute atomic E-state index is 6.43. The molecule has 0 bridgehead atoms. The average Bonchev–Trinajstić information content (AvgIpc) is 2.51. The Morgan fingerprint density at radius 3 is 2.23 bits per heavy atom. The van der Waals surface area contributed by atoms with Crippen LogP contribution in [0, 0.1) is 5.41 Å². The standard InChI is InChI=1S/C11H13ClS/c1-10(2)8-11(10,12)13-9-6-4-3-5-7-9/h3-7H,8H2,1-2H3/t11-/m1/s1. The molecular formula is C11H13ClS. The third-order valence-corrected chi connectivity index (χ3v) is 4.98. The van der Waals surface area contributed by atoms with Crippen LogP contribution in [0.3, 0.4) is 0 Å². The molecule has 0 aliphatic heterocycles. The predicted octanol–water partition coefficient (Wildman–Crippen LogP) is 4.14. The Kier molecular flexibility index (Phi) is 2.12. The van der Waals surface area contributed by atoms with Gasteiger partial charge in [-0.25, -0.2) is 0 Å². The zero-order chi connectivity index (χ0) is 9.53. The molecule has 0 N–H and O–H groups in total. The summed E-state index contributed by atoms with van der Waals surface area (Å²) in [6.45, 7) is 4.44. The van der Waals surface area contributed by atoms with Gasteiger partial charge in [0, 0.05) is 4.90 Å². The van der Waals surface area contributed by atoms with Gasteiger partial charge in [-0.15, -0.1) is 23.4 Å². The average molecular weight is 213 g/mol. The monoisotopic (exact) mass is 212 g/mol. The molecule has 1 saturated carbocycles. The second-order valence-corrected chi connectivity index (χ2v) is 6.45. The number of alkyl halides is 1. The first-order valence-electron chi connectivity index (χ1n) is 4.47. The quantitative estimate of drug-likeness (QED) is 0.664. The van der Waals surface area contributed by atoms with E-state index in [0.717, 1.165) is 6.42 Å². The van der Waals surface area contributed by atoms with Crippen LogP contribution in [0.25, 0.3) is 0 Å². The Labute approximate surface area is 88.7 Å². The number of benzene rings is 1. The van der Waals surface area contributed by atoms with E-state index in [9.17, 15) is 0 Å². The van der Waals surface area contributed by atoms with Crippen molar-refractivity contribution in [2.45, 2.75) is 29.4 Å². The van der Waals surface area contributed by atoms with Crippen molar-refractivity contribution in [2.24, 2.45) is 5.41 Å². The molecule has 0 nitrogen and oxygen atoms in total. The molecule has 70 valence electrons. The van der Waals surface area contributed by atoms with Gasteiger partial charge in [0.15, 0.2) is 0 Å². The van der Waals surface area contributed by atoms with Crippen LogP contribution in [0.2, 0.25) is 0 Å². The molecule has 0 radical (unpaired) electrons. The fraction of sp³-hybridized carbons (Fsp3) is 0.455. The van der Waals surface area contributed by atoms with Crippen molar-refractivity contribution >= 4 is 23.4 Å². The van der Waals surface area contributed by atoms with Crippen LogP contribution in [0.4, 0.5) is 0 Å². The molecule has 2 heteroatoms. The molecule has 1 aromatic rings. The maximum Gasteiger partial charge on any atom is 0.0999 e. The molecule has 0 heterocycles. The maximum atomic E-state index is 6.43. The van der Waals surface area contributed by atoms with Crippen molar-refractivity contribution in [1.29, 1.82) is 0 Å². The molecule has 1 atom stereocenters. The first-order valence-corrected chi connectivity index (χ1v) is 5.66. The Morgan fingerprint density at radius 1 is 1.23 bits per heavy atom. The van der Waals surface area contributed by atoms with E-state index in [1.54, 1.807) is 11.8 Å². The highest BCUT2D eigenvalue weighted by molar-refractivity contribution is 8.02. The first kappa shape index (κ1) is 9.42. The van der Waals surface area contributed by atoms with Crippen LogP contribution in [0.5, 0.6) is 0 Å². The first-order chi connectivity index (χ1) is 6.04. The van der Waals surface area contributed by atoms with Crippen molar-refractivity contribution in [2.75, 3.05) is 0 Å². The summed E-state index contributed by atoms with van der Waals surface area (Å²) < 4.78 is -0.0612. The van der Waals surface area contributed by atoms with Crippen molar-refractivity contribution in [3.63, 3.8) is 0 Å². The van der Waals surface area contributed by atoms with E-state index in [-0.39, 0.29) is 9.62 Å². The van der Waals surface area contributed by atoms with Gasteiger partial charge in [0.05, 0.1) is 4.21 Å². The van der Waals surface area contributed by atoms with E-state index in [0.29, 0.717) is 0 Å². The Hall–Kier alpha value is -0.140. The summed E-state index contributed by atoms with van der Waals surface area (Å²) in [4.78, 5) is 1.27. The number of hydrogen-bond donors (Lipinski definition) is 0. The summed E-state index contributed by atoms with van der Waals surface area (Å²) in [5, 5.41) is 0. The van der Waals surface area contributed by atoms with Gasteiger partial charge in [-0.1, -0.05) is 32.0 Å². The molecule has 1 aromatic carbocycles. The predicted molar refractivity (Wildman–Crippen MR) is 59.3 cm³/mol. The minimum atomic E-state index is -0.0612. The Morgan fingerprint density at radius 2 is 1.77 bits per heavy atom. The SMILES string of the molecule is CC1(C)C[C@@]1(Cl)Sc1ccccc1. The number of rotatable bonds is 2. The van der Waals surface area contributed by atoms with E-state index >= 15 is 0 Å². The second-order valence-electron chi connectivity index (χ2n) is 4.20. The minimum absolute atomic E-state index is 0.0612. The summed E-state index contributed by atoms with van der Waals surface area (Å²) in [7, 11) is 0. The largest absolute Gasteiger partial charge is 0.106 e. The second kappa shape index (κ2) is 2.93. The van der Waals surface area contributed by atoms with Crippen LogP contribution >= 0.6 is 23.4 Å². The van der Waals surface area contributed by atoms with E-state index in [1.807, 2.05) is 6.07 Å². The van der Waals surface area contributed by atoms with Crippen LogP contribution in [-0.2, 0) is 0 Å². The summed E-state index contributed by atoms with van der Waals surface area (Å²) in [5.41, 5.74) is 0.287. The van der Waals surface area contributed by atoms with Gasteiger partial charge in [-0.2, -0.15) is 0 Å². The van der Waals surface area contributed by atoms with Crippen molar-refractivity contribution in [3.8, 4) is 0 Å². The van der Waals surface area contributed by atoms with Crippen molar-refractivity contribution < 1.29 is 0 Å². The smallest absolute Gasteiger partial charge is 0.0999 e. The third kappa shape index (κ3) is 1.72. The number of halogens is 1. The molecule has 1 aliphatic rings. The van der Waals surface area contributed by atoms with Crippen LogP contribution < -0.4 is 0 Å². The Bertz CT molecular complexity index is 307. The highest BCUT2D eigenvalue weighted by atomic mass is 35.5. The normalized spacial score (nSPS) is 30.1. The van der Waals surface area contributed by atoms with E-state index in [4.69, 9.17) is 11.6 Å². The van der Waals surface area contributed by atoms with Crippen LogP contribution in [-0.4, -0.2) is 4.21 Å². The lowest BCUT2D eigenvalue weighted by Crippen LogP contribution is -2.01. The fourth-order valence-corrected chi connectivity index (χ4v) is 3.35. The molecule has 0 saturated heterocycles. The zero-order valence-electron chi connectivity index (χ0n) is 7.88. The van der Waals surface area contributed by atoms with Gasteiger partial charge in [0.1, 0.15) is 0 Å². The minimum Gasteiger partial charge on any atom is -0.106 e. The van der Waals surface area contributed by atoms with Crippen molar-refractivity contribution in [1.82, 2.24) is 0 Å². The van der Waals surface area contributed by atoms with Gasteiger partial charge >= 0.3 is 0 Å². The lowest BCUT2D eigenvalue weighted by atomic mass is 10.2. The molecular weight excluding hydrogens is 200 g/mol. The molecule has 0 aromatic heterocycles. The van der Waals surface area contributed by atoms with E-state index in [2.05, 4.69) is 38.1 Å². The van der Waals surface area contributed by atoms with Gasteiger partial charge in [0.2, 0.25) is 0 Å². The van der Waals surface area contributed by atoms with Crippen molar-refractivity contribution in [3.05, 3.63) is 30.3 Å². The van der Waals surface area contributed by atoms with E-state index in [1.165, 1.54) is 4.90 Å². The van der Waals surface area contributed by atoms with Crippen LogP contribution in [0.15, 0.2) is 35.2 Å². The molecule has 0 spiro atoms. The molecule has 2 rings (SSSR count). The van der Waals surface area contributed by atoms with Gasteiger partial charge < -0.3 is 0 Å². The van der Waals surface area contributed by atoms with Gasteiger partial charge in [0.25, 0.3) is 0 Å². The lowest BCUT2D eigenvalue weighted by Gasteiger charge is -2.11. The molecule has 1 fully saturated rings. The summed E-state index contributed by atoms with van der Waals surface area (Å²) >= 11 is 8.22. The zero-order valence-corrected chi connectivity index (χ0v) is 9.45.